The van der Waals surface area contributed by atoms with Crippen LogP contribution in [0, 0.1) is 0 Å². The molecule has 0 aliphatic rings. The third-order valence-electron chi connectivity index (χ3n) is 4.33. The van der Waals surface area contributed by atoms with Gasteiger partial charge < -0.3 is 4.74 Å². The van der Waals surface area contributed by atoms with E-state index in [1.807, 2.05) is 6.07 Å². The molecule has 2 aromatic carbocycles. The quantitative estimate of drug-likeness (QED) is 0.150. The predicted octanol–water partition coefficient (Wildman–Crippen LogP) is 5.87. The zero-order valence-corrected chi connectivity index (χ0v) is 18.3. The number of rotatable bonds is 11. The Balaban J connectivity index is 1.88. The van der Waals surface area contributed by atoms with Gasteiger partial charge in [-0.05, 0) is 36.8 Å². The molecule has 0 bridgehead atoms. The highest BCUT2D eigenvalue weighted by Gasteiger charge is 2.11. The van der Waals surface area contributed by atoms with Crippen molar-refractivity contribution in [3.05, 3.63) is 64.1 Å². The van der Waals surface area contributed by atoms with E-state index in [2.05, 4.69) is 33.4 Å². The predicted molar refractivity (Wildman–Crippen MR) is 119 cm³/mol. The van der Waals surface area contributed by atoms with Crippen molar-refractivity contribution in [1.29, 1.82) is 0 Å². The molecule has 1 amide bonds. The summed E-state index contributed by atoms with van der Waals surface area (Å²) in [5.74, 6) is -0.194. The smallest absolute Gasteiger partial charge is 0.343 e. The van der Waals surface area contributed by atoms with Gasteiger partial charge in [-0.15, -0.1) is 0 Å². The number of hydrogen-bond donors (Lipinski definition) is 1. The number of nitrogens with one attached hydrogen (secondary N) is 1. The van der Waals surface area contributed by atoms with Gasteiger partial charge in [-0.3, -0.25) is 4.79 Å². The van der Waals surface area contributed by atoms with Crippen molar-refractivity contribution in [2.45, 2.75) is 51.9 Å². The molecule has 0 radical (unpaired) electrons. The first-order chi connectivity index (χ1) is 14.1. The first kappa shape index (κ1) is 22.8. The molecule has 0 aliphatic carbocycles. The van der Waals surface area contributed by atoms with Gasteiger partial charge in [0.05, 0.1) is 11.8 Å². The minimum absolute atomic E-state index is 0.116. The number of hydrazone groups is 1. The minimum Gasteiger partial charge on any atom is -0.422 e. The third-order valence-corrected chi connectivity index (χ3v) is 4.83. The maximum absolute atomic E-state index is 12.3. The third kappa shape index (κ3) is 8.60. The largest absolute Gasteiger partial charge is 0.422 e. The molecule has 0 unspecified atom stereocenters. The Labute approximate surface area is 180 Å². The molecule has 0 atom stereocenters. The summed E-state index contributed by atoms with van der Waals surface area (Å²) < 4.78 is 6.31. The number of esters is 1. The standard InChI is InChI=1S/C23H27BrN2O3/c1-2-3-4-5-6-10-13-22(27)26-25-17-19-16-20(24)14-15-21(19)29-23(28)18-11-8-7-9-12-18/h7-9,11-12,14-17H,2-6,10,13H2,1H3,(H,26,27). The van der Waals surface area contributed by atoms with E-state index in [9.17, 15) is 9.59 Å². The van der Waals surface area contributed by atoms with Crippen LogP contribution in [0.1, 0.15) is 67.8 Å². The number of carbonyl (C=O) groups excluding carboxylic acids is 2. The van der Waals surface area contributed by atoms with Gasteiger partial charge in [-0.25, -0.2) is 10.2 Å². The Hall–Kier alpha value is -2.47. The molecule has 0 saturated heterocycles. The second-order valence-electron chi connectivity index (χ2n) is 6.75. The monoisotopic (exact) mass is 458 g/mol. The van der Waals surface area contributed by atoms with E-state index in [1.165, 1.54) is 31.9 Å². The lowest BCUT2D eigenvalue weighted by molar-refractivity contribution is -0.121. The Morgan fingerprint density at radius 2 is 1.76 bits per heavy atom. The van der Waals surface area contributed by atoms with E-state index >= 15 is 0 Å². The average molecular weight is 459 g/mol. The van der Waals surface area contributed by atoms with E-state index in [4.69, 9.17) is 4.74 Å². The number of ether oxygens (including phenoxy) is 1. The van der Waals surface area contributed by atoms with Crippen LogP contribution in [0.3, 0.4) is 0 Å². The molecule has 1 N–H and O–H groups in total. The summed E-state index contributed by atoms with van der Waals surface area (Å²) in [7, 11) is 0. The van der Waals surface area contributed by atoms with Crippen LogP contribution in [0.25, 0.3) is 0 Å². The van der Waals surface area contributed by atoms with E-state index in [1.54, 1.807) is 42.5 Å². The van der Waals surface area contributed by atoms with E-state index < -0.39 is 5.97 Å². The summed E-state index contributed by atoms with van der Waals surface area (Å²) in [6.45, 7) is 2.19. The number of benzene rings is 2. The first-order valence-corrected chi connectivity index (χ1v) is 10.8. The van der Waals surface area contributed by atoms with Crippen LogP contribution < -0.4 is 10.2 Å². The molecule has 0 saturated carbocycles. The second-order valence-corrected chi connectivity index (χ2v) is 7.66. The molecule has 2 aromatic rings. The maximum Gasteiger partial charge on any atom is 0.343 e. The molecule has 0 heterocycles. The van der Waals surface area contributed by atoms with E-state index in [0.717, 1.165) is 17.3 Å². The lowest BCUT2D eigenvalue weighted by atomic mass is 10.1. The molecule has 2 rings (SSSR count). The molecule has 0 spiro atoms. The highest BCUT2D eigenvalue weighted by atomic mass is 79.9. The van der Waals surface area contributed by atoms with Gasteiger partial charge in [0.25, 0.3) is 0 Å². The van der Waals surface area contributed by atoms with Gasteiger partial charge >= 0.3 is 5.97 Å². The van der Waals surface area contributed by atoms with Gasteiger partial charge in [0.1, 0.15) is 5.75 Å². The van der Waals surface area contributed by atoms with Crippen LogP contribution in [0.2, 0.25) is 0 Å². The van der Waals surface area contributed by atoms with Crippen LogP contribution in [-0.2, 0) is 4.79 Å². The molecule has 5 nitrogen and oxygen atoms in total. The Morgan fingerprint density at radius 1 is 1.03 bits per heavy atom. The van der Waals surface area contributed by atoms with Gasteiger partial charge in [-0.2, -0.15) is 5.10 Å². The molecule has 0 aliphatic heterocycles. The second kappa shape index (κ2) is 12.9. The molecule has 0 aromatic heterocycles. The van der Waals surface area contributed by atoms with Crippen molar-refractivity contribution in [1.82, 2.24) is 5.43 Å². The summed E-state index contributed by atoms with van der Waals surface area (Å²) in [6, 6.07) is 14.0. The summed E-state index contributed by atoms with van der Waals surface area (Å²) in [4.78, 5) is 24.2. The molecule has 154 valence electrons. The van der Waals surface area contributed by atoms with Crippen molar-refractivity contribution in [2.75, 3.05) is 0 Å². The Morgan fingerprint density at radius 3 is 2.52 bits per heavy atom. The highest BCUT2D eigenvalue weighted by Crippen LogP contribution is 2.23. The summed E-state index contributed by atoms with van der Waals surface area (Å²) in [5.41, 5.74) is 3.59. The summed E-state index contributed by atoms with van der Waals surface area (Å²) >= 11 is 3.40. The van der Waals surface area contributed by atoms with E-state index in [0.29, 0.717) is 23.3 Å². The average Bonchev–Trinajstić information content (AvgIpc) is 2.73. The van der Waals surface area contributed by atoms with Gasteiger partial charge in [0.15, 0.2) is 0 Å². The van der Waals surface area contributed by atoms with Crippen molar-refractivity contribution in [3.8, 4) is 5.75 Å². The Kier molecular flexibility index (Phi) is 10.1. The molecule has 29 heavy (non-hydrogen) atoms. The van der Waals surface area contributed by atoms with Crippen molar-refractivity contribution < 1.29 is 14.3 Å². The van der Waals surface area contributed by atoms with Gasteiger partial charge in [0, 0.05) is 16.5 Å². The fourth-order valence-corrected chi connectivity index (χ4v) is 3.12. The number of unbranched alkanes of at least 4 members (excludes halogenated alkanes) is 5. The minimum atomic E-state index is -0.449. The topological polar surface area (TPSA) is 67.8 Å². The van der Waals surface area contributed by atoms with Crippen LogP contribution in [0.4, 0.5) is 0 Å². The molecule has 6 heteroatoms. The number of halogens is 1. The zero-order valence-electron chi connectivity index (χ0n) is 16.7. The zero-order chi connectivity index (χ0) is 20.9. The number of carbonyl (C=O) groups is 2. The number of amides is 1. The lowest BCUT2D eigenvalue weighted by Gasteiger charge is -2.08. The summed E-state index contributed by atoms with van der Waals surface area (Å²) in [5, 5.41) is 4.01. The highest BCUT2D eigenvalue weighted by molar-refractivity contribution is 9.10. The van der Waals surface area contributed by atoms with Gasteiger partial charge in [-0.1, -0.05) is 73.2 Å². The molecular formula is C23H27BrN2O3. The lowest BCUT2D eigenvalue weighted by Crippen LogP contribution is -2.17. The first-order valence-electron chi connectivity index (χ1n) is 9.99. The van der Waals surface area contributed by atoms with Crippen LogP contribution >= 0.6 is 15.9 Å². The van der Waals surface area contributed by atoms with Gasteiger partial charge in [0.2, 0.25) is 5.91 Å². The fraction of sp³-hybridized carbons (Fsp3) is 0.348. The fourth-order valence-electron chi connectivity index (χ4n) is 2.74. The maximum atomic E-state index is 12.3. The van der Waals surface area contributed by atoms with Crippen LogP contribution in [0.15, 0.2) is 58.1 Å². The Bertz CT molecular complexity index is 822. The summed E-state index contributed by atoms with van der Waals surface area (Å²) in [6.07, 6.45) is 8.72. The van der Waals surface area contributed by atoms with Crippen LogP contribution in [-0.4, -0.2) is 18.1 Å². The number of hydrogen-bond acceptors (Lipinski definition) is 4. The van der Waals surface area contributed by atoms with Crippen LogP contribution in [0.5, 0.6) is 5.75 Å². The SMILES string of the molecule is CCCCCCCCC(=O)NN=Cc1cc(Br)ccc1OC(=O)c1ccccc1. The number of nitrogens with zero attached hydrogens (tertiary/aromatic N) is 1. The molecular weight excluding hydrogens is 432 g/mol. The van der Waals surface area contributed by atoms with E-state index in [-0.39, 0.29) is 5.91 Å². The normalized spacial score (nSPS) is 10.8. The molecule has 0 fully saturated rings. The van der Waals surface area contributed by atoms with Crippen molar-refractivity contribution in [3.63, 3.8) is 0 Å². The van der Waals surface area contributed by atoms with Crippen molar-refractivity contribution >= 4 is 34.0 Å². The van der Waals surface area contributed by atoms with Crippen molar-refractivity contribution in [2.24, 2.45) is 5.10 Å².